The van der Waals surface area contributed by atoms with Gasteiger partial charge in [-0.15, -0.1) is 0 Å². The van der Waals surface area contributed by atoms with Gasteiger partial charge in [0.05, 0.1) is 6.04 Å². The van der Waals surface area contributed by atoms with Crippen molar-refractivity contribution >= 4 is 17.7 Å². The zero-order valence-corrected chi connectivity index (χ0v) is 13.1. The Balaban J connectivity index is 2.40. The normalized spacial score (nSPS) is 19.9. The zero-order valence-electron chi connectivity index (χ0n) is 12.2. The minimum Gasteiger partial charge on any atom is -0.341 e. The third-order valence-corrected chi connectivity index (χ3v) is 4.63. The molecule has 1 rings (SSSR count). The first kappa shape index (κ1) is 15.8. The van der Waals surface area contributed by atoms with Crippen molar-refractivity contribution in [2.75, 3.05) is 25.1 Å². The van der Waals surface area contributed by atoms with Crippen LogP contribution in [0.2, 0.25) is 0 Å². The first-order valence-electron chi connectivity index (χ1n) is 6.89. The highest BCUT2D eigenvalue weighted by atomic mass is 32.2. The Morgan fingerprint density at radius 1 is 1.39 bits per heavy atom. The van der Waals surface area contributed by atoms with E-state index in [0.717, 1.165) is 44.0 Å². The molecule has 0 aromatic heterocycles. The molecule has 106 valence electrons. The number of nitrogens with two attached hydrogens (primary N) is 1. The van der Waals surface area contributed by atoms with Crippen LogP contribution in [0.1, 0.15) is 40.0 Å². The summed E-state index contributed by atoms with van der Waals surface area (Å²) in [4.78, 5) is 14.1. The Kier molecular flexibility index (Phi) is 5.99. The molecule has 1 saturated heterocycles. The number of thioether (sulfide) groups is 1. The van der Waals surface area contributed by atoms with Gasteiger partial charge in [0, 0.05) is 13.1 Å². The predicted molar refractivity (Wildman–Crippen MR) is 79.7 cm³/mol. The SMILES string of the molecule is CSCC[C@@H](N)C(=O)N1CCC(C(C)(C)C)CC1. The maximum Gasteiger partial charge on any atom is 0.239 e. The number of hydrogen-bond acceptors (Lipinski definition) is 3. The van der Waals surface area contributed by atoms with Gasteiger partial charge in [0.1, 0.15) is 0 Å². The van der Waals surface area contributed by atoms with E-state index in [1.165, 1.54) is 0 Å². The monoisotopic (exact) mass is 272 g/mol. The van der Waals surface area contributed by atoms with E-state index in [2.05, 4.69) is 20.8 Å². The van der Waals surface area contributed by atoms with Gasteiger partial charge in [0.2, 0.25) is 5.91 Å². The van der Waals surface area contributed by atoms with Crippen molar-refractivity contribution in [3.63, 3.8) is 0 Å². The van der Waals surface area contributed by atoms with Crippen LogP contribution in [-0.2, 0) is 4.79 Å². The lowest BCUT2D eigenvalue weighted by molar-refractivity contribution is -0.134. The summed E-state index contributed by atoms with van der Waals surface area (Å²) in [6.45, 7) is 8.64. The summed E-state index contributed by atoms with van der Waals surface area (Å²) in [5, 5.41) is 0. The third-order valence-electron chi connectivity index (χ3n) is 3.98. The predicted octanol–water partition coefficient (Wildman–Crippen LogP) is 2.35. The molecule has 0 aliphatic carbocycles. The van der Waals surface area contributed by atoms with Gasteiger partial charge in [-0.05, 0) is 42.6 Å². The Hall–Kier alpha value is -0.220. The van der Waals surface area contributed by atoms with E-state index in [0.29, 0.717) is 5.41 Å². The van der Waals surface area contributed by atoms with E-state index in [-0.39, 0.29) is 11.9 Å². The van der Waals surface area contributed by atoms with E-state index in [1.807, 2.05) is 11.2 Å². The largest absolute Gasteiger partial charge is 0.341 e. The summed E-state index contributed by atoms with van der Waals surface area (Å²) < 4.78 is 0. The Bertz CT molecular complexity index is 267. The summed E-state index contributed by atoms with van der Waals surface area (Å²) in [6, 6.07) is -0.302. The number of amides is 1. The van der Waals surface area contributed by atoms with Crippen molar-refractivity contribution in [1.29, 1.82) is 0 Å². The smallest absolute Gasteiger partial charge is 0.239 e. The minimum absolute atomic E-state index is 0.149. The first-order valence-corrected chi connectivity index (χ1v) is 8.29. The van der Waals surface area contributed by atoms with Crippen molar-refractivity contribution in [2.24, 2.45) is 17.1 Å². The van der Waals surface area contributed by atoms with Crippen molar-refractivity contribution < 1.29 is 4.79 Å². The van der Waals surface area contributed by atoms with Crippen molar-refractivity contribution in [1.82, 2.24) is 4.90 Å². The Labute approximate surface area is 116 Å². The molecule has 1 amide bonds. The maximum atomic E-state index is 12.2. The van der Waals surface area contributed by atoms with E-state index in [1.54, 1.807) is 11.8 Å². The summed E-state index contributed by atoms with van der Waals surface area (Å²) >= 11 is 1.75. The first-order chi connectivity index (χ1) is 8.36. The van der Waals surface area contributed by atoms with Crippen LogP contribution in [0.15, 0.2) is 0 Å². The second-order valence-electron chi connectivity index (χ2n) is 6.35. The third kappa shape index (κ3) is 4.47. The molecule has 0 aromatic rings. The van der Waals surface area contributed by atoms with Crippen LogP contribution in [0, 0.1) is 11.3 Å². The van der Waals surface area contributed by atoms with Crippen LogP contribution < -0.4 is 5.73 Å². The quantitative estimate of drug-likeness (QED) is 0.854. The number of hydrogen-bond donors (Lipinski definition) is 1. The van der Waals surface area contributed by atoms with Gasteiger partial charge >= 0.3 is 0 Å². The van der Waals surface area contributed by atoms with Crippen molar-refractivity contribution in [3.05, 3.63) is 0 Å². The number of piperidine rings is 1. The Morgan fingerprint density at radius 2 is 1.94 bits per heavy atom. The van der Waals surface area contributed by atoms with E-state index in [4.69, 9.17) is 5.73 Å². The molecule has 0 spiro atoms. The lowest BCUT2D eigenvalue weighted by Gasteiger charge is -2.39. The molecule has 1 heterocycles. The van der Waals surface area contributed by atoms with Gasteiger partial charge in [-0.3, -0.25) is 4.79 Å². The molecular formula is C14H28N2OS. The fraction of sp³-hybridized carbons (Fsp3) is 0.929. The van der Waals surface area contributed by atoms with Gasteiger partial charge in [0.25, 0.3) is 0 Å². The molecule has 1 aliphatic heterocycles. The molecule has 0 aromatic carbocycles. The summed E-state index contributed by atoms with van der Waals surface area (Å²) in [5.41, 5.74) is 6.31. The van der Waals surface area contributed by atoms with Crippen LogP contribution in [-0.4, -0.2) is 41.9 Å². The summed E-state index contributed by atoms with van der Waals surface area (Å²) in [6.07, 6.45) is 5.07. The Morgan fingerprint density at radius 3 is 2.39 bits per heavy atom. The molecule has 1 fully saturated rings. The maximum absolute atomic E-state index is 12.2. The summed E-state index contributed by atoms with van der Waals surface area (Å²) in [7, 11) is 0. The van der Waals surface area contributed by atoms with Gasteiger partial charge in [-0.25, -0.2) is 0 Å². The summed E-state index contributed by atoms with van der Waals surface area (Å²) in [5.74, 6) is 1.84. The molecule has 1 atom stereocenters. The van der Waals surface area contributed by atoms with Crippen LogP contribution in [0.5, 0.6) is 0 Å². The minimum atomic E-state index is -0.302. The van der Waals surface area contributed by atoms with E-state index < -0.39 is 0 Å². The second kappa shape index (κ2) is 6.80. The molecule has 4 heteroatoms. The molecule has 0 bridgehead atoms. The fourth-order valence-electron chi connectivity index (χ4n) is 2.57. The van der Waals surface area contributed by atoms with Gasteiger partial charge in [-0.1, -0.05) is 20.8 Å². The standard InChI is InChI=1S/C14H28N2OS/c1-14(2,3)11-5-8-16(9-6-11)13(17)12(15)7-10-18-4/h11-12H,5-10,15H2,1-4H3/t12-/m1/s1. The number of rotatable bonds is 4. The molecule has 2 N–H and O–H groups in total. The lowest BCUT2D eigenvalue weighted by atomic mass is 9.75. The number of likely N-dealkylation sites (tertiary alicyclic amines) is 1. The average Bonchev–Trinajstić information content (AvgIpc) is 2.34. The van der Waals surface area contributed by atoms with E-state index in [9.17, 15) is 4.79 Å². The van der Waals surface area contributed by atoms with Crippen LogP contribution in [0.25, 0.3) is 0 Å². The van der Waals surface area contributed by atoms with Crippen molar-refractivity contribution in [2.45, 2.75) is 46.1 Å². The highest BCUT2D eigenvalue weighted by Crippen LogP contribution is 2.34. The molecule has 3 nitrogen and oxygen atoms in total. The molecule has 0 radical (unpaired) electrons. The molecule has 0 saturated carbocycles. The molecule has 1 aliphatic rings. The number of nitrogens with zero attached hydrogens (tertiary/aromatic N) is 1. The van der Waals surface area contributed by atoms with Crippen LogP contribution in [0.4, 0.5) is 0 Å². The topological polar surface area (TPSA) is 46.3 Å². The zero-order chi connectivity index (χ0) is 13.8. The van der Waals surface area contributed by atoms with Gasteiger partial charge < -0.3 is 10.6 Å². The van der Waals surface area contributed by atoms with Crippen LogP contribution in [0.3, 0.4) is 0 Å². The average molecular weight is 272 g/mol. The highest BCUT2D eigenvalue weighted by Gasteiger charge is 2.31. The lowest BCUT2D eigenvalue weighted by Crippen LogP contribution is -2.48. The molecular weight excluding hydrogens is 244 g/mol. The molecule has 18 heavy (non-hydrogen) atoms. The highest BCUT2D eigenvalue weighted by molar-refractivity contribution is 7.98. The van der Waals surface area contributed by atoms with Crippen molar-refractivity contribution in [3.8, 4) is 0 Å². The van der Waals surface area contributed by atoms with E-state index >= 15 is 0 Å². The van der Waals surface area contributed by atoms with Gasteiger partial charge in [0.15, 0.2) is 0 Å². The molecule has 0 unspecified atom stereocenters. The van der Waals surface area contributed by atoms with Crippen LogP contribution >= 0.6 is 11.8 Å². The fourth-order valence-corrected chi connectivity index (χ4v) is 3.06. The number of carbonyl (C=O) groups excluding carboxylic acids is 1. The van der Waals surface area contributed by atoms with Gasteiger partial charge in [-0.2, -0.15) is 11.8 Å². The number of carbonyl (C=O) groups is 1. The second-order valence-corrected chi connectivity index (χ2v) is 7.34.